The number of carbonyl (C=O) groups is 2. The molecule has 0 amide bonds. The molecule has 0 radical (unpaired) electrons. The van der Waals surface area contributed by atoms with Crippen molar-refractivity contribution in [3.05, 3.63) is 24.3 Å². The number of aliphatic hydroxyl groups excluding tert-OH is 2. The summed E-state index contributed by atoms with van der Waals surface area (Å²) >= 11 is 0. The Hall–Kier alpha value is -1.74. The summed E-state index contributed by atoms with van der Waals surface area (Å²) in [6, 6.07) is 0. The Bertz CT molecular complexity index is 344. The minimum absolute atomic E-state index is 0.0278. The standard InChI is InChI=1S/C12H18O5.C4H10O3/c1-9(2)11(13)16-7-5-15-6-8-17-12(14)10(3)4;5-1-3-7-4-2-6/h1,3,5-8H2,2,4H3;5-6H,1-4H2. The Labute approximate surface area is 142 Å². The molecule has 0 saturated heterocycles. The molecule has 140 valence electrons. The van der Waals surface area contributed by atoms with Crippen molar-refractivity contribution in [3.8, 4) is 0 Å². The van der Waals surface area contributed by atoms with Crippen LogP contribution in [0, 0.1) is 0 Å². The third-order valence-corrected chi connectivity index (χ3v) is 2.09. The zero-order valence-electron chi connectivity index (χ0n) is 14.4. The molecule has 0 aliphatic rings. The number of carbonyl (C=O) groups excluding carboxylic acids is 2. The van der Waals surface area contributed by atoms with Crippen LogP contribution in [0.15, 0.2) is 24.3 Å². The molecular weight excluding hydrogens is 320 g/mol. The van der Waals surface area contributed by atoms with Crippen molar-refractivity contribution >= 4 is 11.9 Å². The van der Waals surface area contributed by atoms with Gasteiger partial charge in [0, 0.05) is 11.1 Å². The fraction of sp³-hybridized carbons (Fsp3) is 0.625. The Kier molecular flexibility index (Phi) is 18.0. The topological polar surface area (TPSA) is 112 Å². The first-order chi connectivity index (χ1) is 11.4. The lowest BCUT2D eigenvalue weighted by molar-refractivity contribution is -0.141. The van der Waals surface area contributed by atoms with E-state index in [-0.39, 0.29) is 39.6 Å². The van der Waals surface area contributed by atoms with Gasteiger partial charge in [0.05, 0.1) is 39.6 Å². The van der Waals surface area contributed by atoms with Gasteiger partial charge in [-0.25, -0.2) is 9.59 Å². The molecule has 0 rings (SSSR count). The third kappa shape index (κ3) is 18.3. The summed E-state index contributed by atoms with van der Waals surface area (Å²) in [7, 11) is 0. The summed E-state index contributed by atoms with van der Waals surface area (Å²) in [6.45, 7) is 11.5. The second-order valence-corrected chi connectivity index (χ2v) is 4.50. The van der Waals surface area contributed by atoms with Crippen molar-refractivity contribution in [1.29, 1.82) is 0 Å². The predicted molar refractivity (Wildman–Crippen MR) is 87.4 cm³/mol. The van der Waals surface area contributed by atoms with Crippen LogP contribution < -0.4 is 0 Å². The van der Waals surface area contributed by atoms with Gasteiger partial charge < -0.3 is 29.2 Å². The molecule has 0 atom stereocenters. The fourth-order valence-electron chi connectivity index (χ4n) is 0.966. The molecule has 0 aliphatic carbocycles. The first-order valence-corrected chi connectivity index (χ1v) is 7.39. The maximum atomic E-state index is 10.9. The number of hydrogen-bond donors (Lipinski definition) is 2. The van der Waals surface area contributed by atoms with Crippen LogP contribution in [0.4, 0.5) is 0 Å². The summed E-state index contributed by atoms with van der Waals surface area (Å²) in [5, 5.41) is 16.2. The van der Waals surface area contributed by atoms with E-state index in [1.807, 2.05) is 0 Å². The third-order valence-electron chi connectivity index (χ3n) is 2.09. The Morgan fingerprint density at radius 1 is 0.708 bits per heavy atom. The van der Waals surface area contributed by atoms with Gasteiger partial charge in [-0.1, -0.05) is 13.2 Å². The minimum atomic E-state index is -0.442. The Morgan fingerprint density at radius 3 is 1.33 bits per heavy atom. The van der Waals surface area contributed by atoms with E-state index in [0.717, 1.165) is 0 Å². The molecule has 0 aliphatic heterocycles. The van der Waals surface area contributed by atoms with Crippen molar-refractivity contribution in [3.63, 3.8) is 0 Å². The van der Waals surface area contributed by atoms with Crippen LogP contribution >= 0.6 is 0 Å². The molecule has 0 bridgehead atoms. The number of esters is 2. The highest BCUT2D eigenvalue weighted by Gasteiger charge is 2.03. The van der Waals surface area contributed by atoms with Crippen LogP contribution in [0.3, 0.4) is 0 Å². The molecule has 0 spiro atoms. The molecule has 8 nitrogen and oxygen atoms in total. The van der Waals surface area contributed by atoms with Crippen molar-refractivity contribution < 1.29 is 38.7 Å². The van der Waals surface area contributed by atoms with Gasteiger partial charge >= 0.3 is 11.9 Å². The predicted octanol–water partition coefficient (Wildman–Crippen LogP) is 0.229. The zero-order chi connectivity index (χ0) is 18.8. The van der Waals surface area contributed by atoms with Crippen LogP contribution in [0.5, 0.6) is 0 Å². The van der Waals surface area contributed by atoms with Gasteiger partial charge in [-0.3, -0.25) is 0 Å². The molecule has 0 fully saturated rings. The number of hydrogen-bond acceptors (Lipinski definition) is 8. The molecule has 0 saturated carbocycles. The lowest BCUT2D eigenvalue weighted by Crippen LogP contribution is -2.14. The monoisotopic (exact) mass is 348 g/mol. The van der Waals surface area contributed by atoms with Crippen LogP contribution in [-0.2, 0) is 28.5 Å². The van der Waals surface area contributed by atoms with Gasteiger partial charge in [0.2, 0.25) is 0 Å². The Morgan fingerprint density at radius 2 is 1.04 bits per heavy atom. The van der Waals surface area contributed by atoms with Gasteiger partial charge in [0.1, 0.15) is 13.2 Å². The highest BCUT2D eigenvalue weighted by atomic mass is 16.6. The summed E-state index contributed by atoms with van der Waals surface area (Å²) in [5.74, 6) is -0.885. The second kappa shape index (κ2) is 17.6. The second-order valence-electron chi connectivity index (χ2n) is 4.50. The van der Waals surface area contributed by atoms with Crippen LogP contribution in [0.1, 0.15) is 13.8 Å². The molecule has 8 heteroatoms. The van der Waals surface area contributed by atoms with Gasteiger partial charge in [0.15, 0.2) is 0 Å². The van der Waals surface area contributed by atoms with Crippen molar-refractivity contribution in [2.75, 3.05) is 52.9 Å². The van der Waals surface area contributed by atoms with E-state index in [1.165, 1.54) is 0 Å². The first kappa shape index (κ1) is 24.5. The van der Waals surface area contributed by atoms with E-state index >= 15 is 0 Å². The van der Waals surface area contributed by atoms with E-state index in [1.54, 1.807) is 13.8 Å². The summed E-state index contributed by atoms with van der Waals surface area (Å²) in [5.41, 5.74) is 0.695. The molecule has 2 N–H and O–H groups in total. The van der Waals surface area contributed by atoms with Gasteiger partial charge in [-0.15, -0.1) is 0 Å². The Balaban J connectivity index is 0. The van der Waals surface area contributed by atoms with Gasteiger partial charge in [-0.05, 0) is 13.8 Å². The zero-order valence-corrected chi connectivity index (χ0v) is 14.4. The van der Waals surface area contributed by atoms with E-state index < -0.39 is 11.9 Å². The molecule has 0 heterocycles. The lowest BCUT2D eigenvalue weighted by Gasteiger charge is -2.06. The first-order valence-electron chi connectivity index (χ1n) is 7.39. The fourth-order valence-corrected chi connectivity index (χ4v) is 0.966. The lowest BCUT2D eigenvalue weighted by atomic mass is 10.4. The summed E-state index contributed by atoms with van der Waals surface area (Å²) < 4.78 is 19.3. The number of ether oxygens (including phenoxy) is 4. The molecular formula is C16H28O8. The normalized spacial score (nSPS) is 9.50. The van der Waals surface area contributed by atoms with E-state index in [2.05, 4.69) is 17.9 Å². The van der Waals surface area contributed by atoms with Crippen molar-refractivity contribution in [2.45, 2.75) is 13.8 Å². The van der Waals surface area contributed by atoms with E-state index in [4.69, 9.17) is 24.4 Å². The summed E-state index contributed by atoms with van der Waals surface area (Å²) in [4.78, 5) is 21.9. The molecule has 24 heavy (non-hydrogen) atoms. The highest BCUT2D eigenvalue weighted by molar-refractivity contribution is 5.87. The van der Waals surface area contributed by atoms with Crippen LogP contribution in [-0.4, -0.2) is 75.0 Å². The van der Waals surface area contributed by atoms with Crippen LogP contribution in [0.2, 0.25) is 0 Å². The number of rotatable bonds is 12. The SMILES string of the molecule is C=C(C)C(=O)OCCOCCOC(=O)C(=C)C.OCCOCCO. The molecule has 0 aromatic carbocycles. The smallest absolute Gasteiger partial charge is 0.333 e. The molecule has 0 unspecified atom stereocenters. The minimum Gasteiger partial charge on any atom is -0.460 e. The van der Waals surface area contributed by atoms with Crippen molar-refractivity contribution in [1.82, 2.24) is 0 Å². The highest BCUT2D eigenvalue weighted by Crippen LogP contribution is 1.93. The van der Waals surface area contributed by atoms with Crippen molar-refractivity contribution in [2.24, 2.45) is 0 Å². The largest absolute Gasteiger partial charge is 0.460 e. The molecule has 0 aromatic heterocycles. The number of aliphatic hydroxyl groups is 2. The van der Waals surface area contributed by atoms with E-state index in [0.29, 0.717) is 24.4 Å². The maximum absolute atomic E-state index is 10.9. The van der Waals surface area contributed by atoms with E-state index in [9.17, 15) is 9.59 Å². The average molecular weight is 348 g/mol. The summed E-state index contributed by atoms with van der Waals surface area (Å²) in [6.07, 6.45) is 0. The maximum Gasteiger partial charge on any atom is 0.333 e. The quantitative estimate of drug-likeness (QED) is 0.293. The average Bonchev–Trinajstić information content (AvgIpc) is 2.54. The van der Waals surface area contributed by atoms with Gasteiger partial charge in [-0.2, -0.15) is 0 Å². The van der Waals surface area contributed by atoms with Crippen LogP contribution in [0.25, 0.3) is 0 Å². The van der Waals surface area contributed by atoms with Gasteiger partial charge in [0.25, 0.3) is 0 Å². The molecule has 0 aromatic rings.